The predicted octanol–water partition coefficient (Wildman–Crippen LogP) is 5.27. The number of carboxylic acid groups (broad SMARTS) is 1. The Morgan fingerprint density at radius 2 is 1.62 bits per heavy atom. The van der Waals surface area contributed by atoms with Crippen molar-refractivity contribution in [2.45, 2.75) is 53.6 Å². The number of aryl methyl sites for hydroxylation is 3. The summed E-state index contributed by atoms with van der Waals surface area (Å²) in [5.41, 5.74) is 5.55. The molecule has 4 aromatic rings. The zero-order valence-corrected chi connectivity index (χ0v) is 19.3. The average molecular weight is 436 g/mol. The topological polar surface area (TPSA) is 104 Å². The van der Waals surface area contributed by atoms with Gasteiger partial charge >= 0.3 is 5.97 Å². The Labute approximate surface area is 186 Å². The molecule has 0 saturated carbocycles. The molecule has 32 heavy (non-hydrogen) atoms. The maximum absolute atomic E-state index is 12.4. The van der Waals surface area contributed by atoms with Gasteiger partial charge in [-0.25, -0.2) is 0 Å². The van der Waals surface area contributed by atoms with Gasteiger partial charge in [-0.05, 0) is 75.4 Å². The number of pyridine rings is 1. The van der Waals surface area contributed by atoms with Crippen molar-refractivity contribution in [1.29, 1.82) is 0 Å². The Kier molecular flexibility index (Phi) is 6.28. The highest BCUT2D eigenvalue weighted by Crippen LogP contribution is 2.38. The van der Waals surface area contributed by atoms with Crippen LogP contribution in [0.2, 0.25) is 0 Å². The Balaban J connectivity index is 0.000000523. The van der Waals surface area contributed by atoms with Gasteiger partial charge in [-0.2, -0.15) is 0 Å². The number of carboxylic acids is 1. The zero-order valence-electron chi connectivity index (χ0n) is 19.3. The van der Waals surface area contributed by atoms with Crippen LogP contribution < -0.4 is 5.56 Å². The lowest BCUT2D eigenvalue weighted by Gasteiger charge is -2.19. The van der Waals surface area contributed by atoms with Crippen LogP contribution in [0.25, 0.3) is 33.0 Å². The van der Waals surface area contributed by atoms with Gasteiger partial charge in [0, 0.05) is 10.8 Å². The summed E-state index contributed by atoms with van der Waals surface area (Å²) in [5.74, 6) is -0.906. The summed E-state index contributed by atoms with van der Waals surface area (Å²) >= 11 is 0. The lowest BCUT2D eigenvalue weighted by molar-refractivity contribution is -0.136. The van der Waals surface area contributed by atoms with Crippen molar-refractivity contribution in [1.82, 2.24) is 4.98 Å². The summed E-state index contributed by atoms with van der Waals surface area (Å²) in [5, 5.41) is 19.6. The Hall–Kier alpha value is -3.38. The minimum absolute atomic E-state index is 0.114. The second-order valence-electron chi connectivity index (χ2n) is 9.08. The van der Waals surface area contributed by atoms with Gasteiger partial charge in [0.05, 0.1) is 23.8 Å². The Morgan fingerprint density at radius 3 is 2.19 bits per heavy atom. The lowest BCUT2D eigenvalue weighted by Crippen LogP contribution is -2.11. The van der Waals surface area contributed by atoms with Crippen LogP contribution in [0, 0.1) is 20.8 Å². The van der Waals surface area contributed by atoms with Crippen LogP contribution in [0.15, 0.2) is 45.8 Å². The largest absolute Gasteiger partial charge is 0.481 e. The smallest absolute Gasteiger partial charge is 0.307 e. The van der Waals surface area contributed by atoms with E-state index in [-0.39, 0.29) is 17.6 Å². The minimum atomic E-state index is -0.906. The average Bonchev–Trinajstić information content (AvgIpc) is 3.16. The first-order chi connectivity index (χ1) is 14.9. The fraction of sp³-hybridized carbons (Fsp3) is 0.308. The maximum Gasteiger partial charge on any atom is 0.307 e. The summed E-state index contributed by atoms with van der Waals surface area (Å²) in [7, 11) is 0. The van der Waals surface area contributed by atoms with Gasteiger partial charge in [-0.15, -0.1) is 0 Å². The van der Waals surface area contributed by atoms with Crippen LogP contribution in [-0.2, 0) is 11.2 Å². The molecule has 0 aliphatic heterocycles. The Bertz CT molecular complexity index is 1350. The van der Waals surface area contributed by atoms with E-state index in [4.69, 9.17) is 9.52 Å². The second-order valence-corrected chi connectivity index (χ2v) is 9.08. The predicted molar refractivity (Wildman–Crippen MR) is 127 cm³/mol. The van der Waals surface area contributed by atoms with E-state index in [0.29, 0.717) is 5.52 Å². The number of fused-ring (bicyclic) bond motifs is 3. The summed E-state index contributed by atoms with van der Waals surface area (Å²) in [6.45, 7) is 11.1. The van der Waals surface area contributed by atoms with Crippen LogP contribution >= 0.6 is 0 Å². The first kappa shape index (κ1) is 23.3. The van der Waals surface area contributed by atoms with E-state index in [1.54, 1.807) is 26.8 Å². The number of carbonyl (C=O) groups is 1. The maximum atomic E-state index is 12.4. The molecule has 0 atom stereocenters. The molecule has 2 aromatic carbocycles. The molecule has 0 aliphatic carbocycles. The van der Waals surface area contributed by atoms with Gasteiger partial charge in [-0.3, -0.25) is 9.59 Å². The quantitative estimate of drug-likeness (QED) is 0.407. The highest BCUT2D eigenvalue weighted by atomic mass is 16.4. The van der Waals surface area contributed by atoms with E-state index in [9.17, 15) is 14.7 Å². The fourth-order valence-corrected chi connectivity index (χ4v) is 3.89. The second kappa shape index (κ2) is 8.63. The van der Waals surface area contributed by atoms with E-state index >= 15 is 0 Å². The normalized spacial score (nSPS) is 11.5. The number of aromatic nitrogens is 1. The molecule has 168 valence electrons. The first-order valence-corrected chi connectivity index (χ1v) is 10.4. The number of rotatable bonds is 3. The number of hydrogen-bond acceptors (Lipinski definition) is 4. The number of aromatic amines is 1. The van der Waals surface area contributed by atoms with Gasteiger partial charge in [-0.1, -0.05) is 29.8 Å². The van der Waals surface area contributed by atoms with Gasteiger partial charge in [0.15, 0.2) is 5.58 Å². The van der Waals surface area contributed by atoms with Crippen LogP contribution in [0.3, 0.4) is 0 Å². The monoisotopic (exact) mass is 435 g/mol. The molecule has 0 aliphatic rings. The van der Waals surface area contributed by atoms with Gasteiger partial charge in [0.1, 0.15) is 0 Å². The SMILES string of the molecule is CC(C)(C)O.Cc1ccc(-c2c(CC(=O)O)c(C)c3[nH]c(=O)c4occc4c3c2C)cc1. The number of aliphatic hydroxyl groups is 1. The molecule has 6 nitrogen and oxygen atoms in total. The number of aliphatic carboxylic acids is 1. The first-order valence-electron chi connectivity index (χ1n) is 10.4. The lowest BCUT2D eigenvalue weighted by atomic mass is 9.86. The number of furan rings is 1. The molecule has 0 spiro atoms. The van der Waals surface area contributed by atoms with E-state index in [1.807, 2.05) is 45.0 Å². The van der Waals surface area contributed by atoms with Crippen LogP contribution in [0.1, 0.15) is 43.0 Å². The third-order valence-corrected chi connectivity index (χ3v) is 5.18. The summed E-state index contributed by atoms with van der Waals surface area (Å²) in [6.07, 6.45) is 1.39. The van der Waals surface area contributed by atoms with E-state index in [0.717, 1.165) is 44.2 Å². The fourth-order valence-electron chi connectivity index (χ4n) is 3.89. The van der Waals surface area contributed by atoms with Crippen molar-refractivity contribution >= 4 is 27.8 Å². The van der Waals surface area contributed by atoms with Crippen LogP contribution in [-0.4, -0.2) is 26.8 Å². The zero-order chi connectivity index (χ0) is 23.8. The molecule has 6 heteroatoms. The third-order valence-electron chi connectivity index (χ3n) is 5.18. The van der Waals surface area contributed by atoms with Crippen molar-refractivity contribution in [3.05, 3.63) is 69.2 Å². The molecule has 0 unspecified atom stereocenters. The molecule has 3 N–H and O–H groups in total. The third kappa shape index (κ3) is 4.75. The van der Waals surface area contributed by atoms with Gasteiger partial charge in [0.25, 0.3) is 5.56 Å². The number of H-pyrrole nitrogens is 1. The number of nitrogens with one attached hydrogen (secondary N) is 1. The molecule has 0 radical (unpaired) electrons. The van der Waals surface area contributed by atoms with Gasteiger partial charge in [0.2, 0.25) is 0 Å². The number of benzene rings is 2. The van der Waals surface area contributed by atoms with Crippen molar-refractivity contribution in [2.24, 2.45) is 0 Å². The molecule has 2 heterocycles. The Morgan fingerprint density at radius 1 is 1.03 bits per heavy atom. The molecule has 0 fully saturated rings. The van der Waals surface area contributed by atoms with E-state index < -0.39 is 11.6 Å². The molecule has 2 aromatic heterocycles. The molecular weight excluding hydrogens is 406 g/mol. The molecular formula is C26H29NO5. The molecule has 0 saturated heterocycles. The van der Waals surface area contributed by atoms with Gasteiger partial charge < -0.3 is 19.6 Å². The van der Waals surface area contributed by atoms with Crippen LogP contribution in [0.5, 0.6) is 0 Å². The standard InChI is InChI=1S/C22H19NO4.C4H10O/c1-11-4-6-14(7-5-11)18-13(3)19-15-8-9-27-21(15)22(26)23-20(19)12(2)16(18)10-17(24)25;1-4(2,3)5/h4-9H,10H2,1-3H3,(H,23,26)(H,24,25);5H,1-3H3. The molecule has 0 amide bonds. The molecule has 4 rings (SSSR count). The van der Waals surface area contributed by atoms with Crippen molar-refractivity contribution < 1.29 is 19.4 Å². The van der Waals surface area contributed by atoms with Crippen molar-refractivity contribution in [3.63, 3.8) is 0 Å². The summed E-state index contributed by atoms with van der Waals surface area (Å²) in [4.78, 5) is 26.8. The summed E-state index contributed by atoms with van der Waals surface area (Å²) < 4.78 is 5.37. The highest BCUT2D eigenvalue weighted by Gasteiger charge is 2.21. The molecule has 0 bridgehead atoms. The van der Waals surface area contributed by atoms with Crippen molar-refractivity contribution in [3.8, 4) is 11.1 Å². The highest BCUT2D eigenvalue weighted by molar-refractivity contribution is 6.09. The number of hydrogen-bond donors (Lipinski definition) is 3. The minimum Gasteiger partial charge on any atom is -0.481 e. The van der Waals surface area contributed by atoms with E-state index in [2.05, 4.69) is 4.98 Å². The van der Waals surface area contributed by atoms with E-state index in [1.165, 1.54) is 6.26 Å². The van der Waals surface area contributed by atoms with Crippen molar-refractivity contribution in [2.75, 3.05) is 0 Å². The summed E-state index contributed by atoms with van der Waals surface area (Å²) in [6, 6.07) is 9.83. The van der Waals surface area contributed by atoms with Crippen LogP contribution in [0.4, 0.5) is 0 Å².